The number of thioether (sulfide) groups is 1. The van der Waals surface area contributed by atoms with E-state index in [9.17, 15) is 9.59 Å². The molecule has 1 amide bonds. The normalized spacial score (nSPS) is 18.9. The zero-order valence-corrected chi connectivity index (χ0v) is 10.9. The van der Waals surface area contributed by atoms with Crippen molar-refractivity contribution < 1.29 is 14.7 Å². The van der Waals surface area contributed by atoms with Crippen LogP contribution in [0.5, 0.6) is 0 Å². The van der Waals surface area contributed by atoms with Crippen molar-refractivity contribution in [1.29, 1.82) is 0 Å². The fourth-order valence-corrected chi connectivity index (χ4v) is 2.65. The molecule has 1 N–H and O–H groups in total. The molecule has 1 heterocycles. The summed E-state index contributed by atoms with van der Waals surface area (Å²) in [7, 11) is 0. The first-order chi connectivity index (χ1) is 8.63. The molecule has 1 fully saturated rings. The van der Waals surface area contributed by atoms with Crippen molar-refractivity contribution >= 4 is 23.6 Å². The summed E-state index contributed by atoms with van der Waals surface area (Å²) < 4.78 is 0. The van der Waals surface area contributed by atoms with Crippen molar-refractivity contribution in [2.75, 3.05) is 12.8 Å². The van der Waals surface area contributed by atoms with E-state index in [2.05, 4.69) is 0 Å². The molecule has 0 radical (unpaired) electrons. The zero-order valence-electron chi connectivity index (χ0n) is 10.1. The van der Waals surface area contributed by atoms with Crippen molar-refractivity contribution in [2.45, 2.75) is 23.8 Å². The SMILES string of the molecule is CSc1cccc(C(=O)N2CCCC2C(=O)O)c1. The second-order valence-electron chi connectivity index (χ2n) is 4.23. The molecule has 0 aromatic heterocycles. The molecule has 0 saturated carbocycles. The molecule has 1 unspecified atom stereocenters. The van der Waals surface area contributed by atoms with Crippen LogP contribution in [0.4, 0.5) is 0 Å². The Labute approximate surface area is 110 Å². The second-order valence-corrected chi connectivity index (χ2v) is 5.11. The topological polar surface area (TPSA) is 57.6 Å². The first-order valence-corrected chi connectivity index (χ1v) is 7.04. The number of carbonyl (C=O) groups excluding carboxylic acids is 1. The summed E-state index contributed by atoms with van der Waals surface area (Å²) in [6, 6.07) is 6.63. The fourth-order valence-electron chi connectivity index (χ4n) is 2.19. The van der Waals surface area contributed by atoms with E-state index >= 15 is 0 Å². The first kappa shape index (κ1) is 13.0. The molecular formula is C13H15NO3S. The number of hydrogen-bond acceptors (Lipinski definition) is 3. The van der Waals surface area contributed by atoms with Crippen LogP contribution in [-0.2, 0) is 4.79 Å². The van der Waals surface area contributed by atoms with Gasteiger partial charge in [-0.3, -0.25) is 4.79 Å². The van der Waals surface area contributed by atoms with Crippen molar-refractivity contribution in [2.24, 2.45) is 0 Å². The van der Waals surface area contributed by atoms with Gasteiger partial charge < -0.3 is 10.0 Å². The van der Waals surface area contributed by atoms with Gasteiger partial charge in [0.15, 0.2) is 0 Å². The zero-order chi connectivity index (χ0) is 13.1. The molecule has 1 aliphatic heterocycles. The monoisotopic (exact) mass is 265 g/mol. The minimum Gasteiger partial charge on any atom is -0.480 e. The number of carboxylic acid groups (broad SMARTS) is 1. The minimum atomic E-state index is -0.915. The molecular weight excluding hydrogens is 250 g/mol. The number of nitrogens with zero attached hydrogens (tertiary/aromatic N) is 1. The van der Waals surface area contributed by atoms with Gasteiger partial charge in [0.25, 0.3) is 5.91 Å². The van der Waals surface area contributed by atoms with Gasteiger partial charge in [-0.25, -0.2) is 4.79 Å². The van der Waals surface area contributed by atoms with E-state index < -0.39 is 12.0 Å². The molecule has 0 bridgehead atoms. The summed E-state index contributed by atoms with van der Waals surface area (Å²) >= 11 is 1.56. The van der Waals surface area contributed by atoms with E-state index in [1.165, 1.54) is 4.90 Å². The summed E-state index contributed by atoms with van der Waals surface area (Å²) in [5, 5.41) is 9.08. The van der Waals surface area contributed by atoms with Crippen LogP contribution >= 0.6 is 11.8 Å². The van der Waals surface area contributed by atoms with E-state index in [4.69, 9.17) is 5.11 Å². The van der Waals surface area contributed by atoms with Crippen LogP contribution in [-0.4, -0.2) is 40.7 Å². The maximum absolute atomic E-state index is 12.3. The van der Waals surface area contributed by atoms with Gasteiger partial charge in [0.05, 0.1) is 0 Å². The Bertz CT molecular complexity index is 475. The Morgan fingerprint density at radius 3 is 2.89 bits per heavy atom. The molecule has 96 valence electrons. The highest BCUT2D eigenvalue weighted by Crippen LogP contribution is 2.22. The van der Waals surface area contributed by atoms with Crippen molar-refractivity contribution in [1.82, 2.24) is 4.90 Å². The van der Waals surface area contributed by atoms with Gasteiger partial charge in [-0.1, -0.05) is 6.07 Å². The summed E-state index contributed by atoms with van der Waals surface area (Å²) in [5.41, 5.74) is 0.565. The molecule has 2 rings (SSSR count). The summed E-state index contributed by atoms with van der Waals surface area (Å²) in [4.78, 5) is 25.8. The molecule has 1 aliphatic rings. The van der Waals surface area contributed by atoms with E-state index in [0.29, 0.717) is 18.5 Å². The molecule has 1 aromatic carbocycles. The standard InChI is InChI=1S/C13H15NO3S/c1-18-10-5-2-4-9(8-10)12(15)14-7-3-6-11(14)13(16)17/h2,4-5,8,11H,3,6-7H2,1H3,(H,16,17). The van der Waals surface area contributed by atoms with Crippen molar-refractivity contribution in [3.63, 3.8) is 0 Å². The van der Waals surface area contributed by atoms with E-state index in [1.807, 2.05) is 24.5 Å². The van der Waals surface area contributed by atoms with Crippen LogP contribution in [0.15, 0.2) is 29.2 Å². The van der Waals surface area contributed by atoms with Crippen LogP contribution in [0.1, 0.15) is 23.2 Å². The maximum atomic E-state index is 12.3. The van der Waals surface area contributed by atoms with Crippen molar-refractivity contribution in [3.8, 4) is 0 Å². The Morgan fingerprint density at radius 2 is 2.22 bits per heavy atom. The molecule has 4 nitrogen and oxygen atoms in total. The van der Waals surface area contributed by atoms with Gasteiger partial charge >= 0.3 is 5.97 Å². The molecule has 5 heteroatoms. The molecule has 0 aliphatic carbocycles. The highest BCUT2D eigenvalue weighted by Gasteiger charge is 2.34. The number of carboxylic acids is 1. The largest absolute Gasteiger partial charge is 0.480 e. The highest BCUT2D eigenvalue weighted by atomic mass is 32.2. The summed E-state index contributed by atoms with van der Waals surface area (Å²) in [5.74, 6) is -1.10. The van der Waals surface area contributed by atoms with Crippen LogP contribution < -0.4 is 0 Å². The molecule has 1 atom stereocenters. The number of aliphatic carboxylic acids is 1. The Morgan fingerprint density at radius 1 is 1.44 bits per heavy atom. The average molecular weight is 265 g/mol. The molecule has 1 aromatic rings. The quantitative estimate of drug-likeness (QED) is 0.850. The highest BCUT2D eigenvalue weighted by molar-refractivity contribution is 7.98. The molecule has 1 saturated heterocycles. The third kappa shape index (κ3) is 2.51. The number of likely N-dealkylation sites (tertiary alicyclic amines) is 1. The third-order valence-electron chi connectivity index (χ3n) is 3.12. The number of rotatable bonds is 3. The van der Waals surface area contributed by atoms with Crippen LogP contribution in [0.3, 0.4) is 0 Å². The van der Waals surface area contributed by atoms with E-state index in [-0.39, 0.29) is 5.91 Å². The van der Waals surface area contributed by atoms with Gasteiger partial charge in [0, 0.05) is 17.0 Å². The smallest absolute Gasteiger partial charge is 0.326 e. The molecule has 18 heavy (non-hydrogen) atoms. The van der Waals surface area contributed by atoms with E-state index in [0.717, 1.165) is 11.3 Å². The Kier molecular flexibility index (Phi) is 3.91. The number of amides is 1. The van der Waals surface area contributed by atoms with Gasteiger partial charge in [-0.05, 0) is 37.3 Å². The lowest BCUT2D eigenvalue weighted by Crippen LogP contribution is -2.40. The van der Waals surface area contributed by atoms with Gasteiger partial charge in [-0.15, -0.1) is 11.8 Å². The summed E-state index contributed by atoms with van der Waals surface area (Å²) in [6.07, 6.45) is 3.24. The first-order valence-electron chi connectivity index (χ1n) is 5.81. The van der Waals surface area contributed by atoms with Crippen LogP contribution in [0.2, 0.25) is 0 Å². The number of carbonyl (C=O) groups is 2. The fraction of sp³-hybridized carbons (Fsp3) is 0.385. The Balaban J connectivity index is 2.22. The average Bonchev–Trinajstić information content (AvgIpc) is 2.87. The third-order valence-corrected chi connectivity index (χ3v) is 3.84. The van der Waals surface area contributed by atoms with Gasteiger partial charge in [-0.2, -0.15) is 0 Å². The van der Waals surface area contributed by atoms with Gasteiger partial charge in [0.2, 0.25) is 0 Å². The van der Waals surface area contributed by atoms with Gasteiger partial charge in [0.1, 0.15) is 6.04 Å². The lowest BCUT2D eigenvalue weighted by atomic mass is 10.1. The van der Waals surface area contributed by atoms with Crippen LogP contribution in [0.25, 0.3) is 0 Å². The van der Waals surface area contributed by atoms with Crippen LogP contribution in [0, 0.1) is 0 Å². The number of hydrogen-bond donors (Lipinski definition) is 1. The minimum absolute atomic E-state index is 0.184. The number of benzene rings is 1. The summed E-state index contributed by atoms with van der Waals surface area (Å²) in [6.45, 7) is 0.527. The maximum Gasteiger partial charge on any atom is 0.326 e. The van der Waals surface area contributed by atoms with Crippen molar-refractivity contribution in [3.05, 3.63) is 29.8 Å². The second kappa shape index (κ2) is 5.44. The predicted octanol–water partition coefficient (Wildman–Crippen LogP) is 2.10. The Hall–Kier alpha value is -1.49. The van der Waals surface area contributed by atoms with E-state index in [1.54, 1.807) is 17.8 Å². The molecule has 0 spiro atoms. The lowest BCUT2D eigenvalue weighted by molar-refractivity contribution is -0.141. The lowest BCUT2D eigenvalue weighted by Gasteiger charge is -2.21. The predicted molar refractivity (Wildman–Crippen MR) is 69.9 cm³/mol.